The van der Waals surface area contributed by atoms with Gasteiger partial charge in [-0.3, -0.25) is 4.79 Å². The molecule has 4 nitrogen and oxygen atoms in total. The van der Waals surface area contributed by atoms with E-state index in [1.165, 1.54) is 22.4 Å². The average molecular weight is 397 g/mol. The summed E-state index contributed by atoms with van der Waals surface area (Å²) >= 11 is 1.73. The number of nitrogens with one attached hydrogen (secondary N) is 1. The third-order valence-corrected chi connectivity index (χ3v) is 7.11. The first kappa shape index (κ1) is 19.3. The Hall–Kier alpha value is -1.98. The number of hydrogen-bond acceptors (Lipinski definition) is 3. The van der Waals surface area contributed by atoms with Gasteiger partial charge in [-0.15, -0.1) is 11.3 Å². The first-order valence-corrected chi connectivity index (χ1v) is 11.3. The summed E-state index contributed by atoms with van der Waals surface area (Å²) in [4.78, 5) is 23.1. The Balaban J connectivity index is 1.48. The van der Waals surface area contributed by atoms with Crippen LogP contribution >= 0.6 is 11.3 Å². The number of aryl methyl sites for hydroxylation is 2. The van der Waals surface area contributed by atoms with Gasteiger partial charge in [0.15, 0.2) is 5.82 Å². The van der Waals surface area contributed by atoms with Crippen LogP contribution in [-0.4, -0.2) is 16.0 Å². The Labute approximate surface area is 170 Å². The highest BCUT2D eigenvalue weighted by molar-refractivity contribution is 7.18. The second-order valence-electron chi connectivity index (χ2n) is 8.47. The van der Waals surface area contributed by atoms with Crippen molar-refractivity contribution in [3.05, 3.63) is 62.5 Å². The zero-order valence-electron chi connectivity index (χ0n) is 17.0. The number of nitrogens with two attached hydrogens (primary N) is 1. The van der Waals surface area contributed by atoms with E-state index in [0.29, 0.717) is 12.0 Å². The van der Waals surface area contributed by atoms with E-state index >= 15 is 0 Å². The van der Waals surface area contributed by atoms with Crippen molar-refractivity contribution < 1.29 is 5.32 Å². The maximum atomic E-state index is 12.8. The molecule has 1 aliphatic carbocycles. The molecule has 1 aliphatic rings. The number of rotatable bonds is 6. The maximum absolute atomic E-state index is 12.8. The summed E-state index contributed by atoms with van der Waals surface area (Å²) in [5, 5.41) is 3.17. The fourth-order valence-corrected chi connectivity index (χ4v) is 5.69. The first-order valence-electron chi connectivity index (χ1n) is 10.4. The van der Waals surface area contributed by atoms with Crippen molar-refractivity contribution >= 4 is 21.6 Å². The molecule has 0 bridgehead atoms. The number of aromatic nitrogens is 2. The monoisotopic (exact) mass is 396 g/mol. The van der Waals surface area contributed by atoms with Crippen LogP contribution in [0.5, 0.6) is 0 Å². The molecule has 0 unspecified atom stereocenters. The van der Waals surface area contributed by atoms with E-state index in [1.807, 2.05) is 0 Å². The lowest BCUT2D eigenvalue weighted by Gasteiger charge is -2.17. The van der Waals surface area contributed by atoms with Gasteiger partial charge in [0.25, 0.3) is 5.56 Å². The number of aromatic amines is 1. The lowest BCUT2D eigenvalue weighted by Crippen LogP contribution is -2.89. The molecule has 3 aromatic rings. The van der Waals surface area contributed by atoms with Gasteiger partial charge in [-0.1, -0.05) is 37.3 Å². The zero-order valence-corrected chi connectivity index (χ0v) is 17.8. The number of benzene rings is 1. The number of fused-ring (bicyclic) bond motifs is 3. The summed E-state index contributed by atoms with van der Waals surface area (Å²) in [6.07, 6.45) is 5.45. The van der Waals surface area contributed by atoms with Crippen molar-refractivity contribution in [1.82, 2.24) is 9.97 Å². The van der Waals surface area contributed by atoms with Gasteiger partial charge in [0, 0.05) is 11.3 Å². The molecule has 1 aromatic carbocycles. The molecule has 2 aromatic heterocycles. The van der Waals surface area contributed by atoms with E-state index in [2.05, 4.69) is 61.4 Å². The molecular weight excluding hydrogens is 366 g/mol. The maximum Gasteiger partial charge on any atom is 0.260 e. The Morgan fingerprint density at radius 3 is 2.86 bits per heavy atom. The quantitative estimate of drug-likeness (QED) is 0.666. The molecule has 2 heterocycles. The molecule has 3 atom stereocenters. The Morgan fingerprint density at radius 1 is 1.29 bits per heavy atom. The Kier molecular flexibility index (Phi) is 5.65. The fourth-order valence-electron chi connectivity index (χ4n) is 4.30. The van der Waals surface area contributed by atoms with Gasteiger partial charge in [-0.05, 0) is 56.6 Å². The van der Waals surface area contributed by atoms with Crippen molar-refractivity contribution in [2.24, 2.45) is 5.92 Å². The molecule has 0 radical (unpaired) electrons. The van der Waals surface area contributed by atoms with Crippen molar-refractivity contribution in [3.8, 4) is 0 Å². The van der Waals surface area contributed by atoms with Gasteiger partial charge < -0.3 is 10.3 Å². The van der Waals surface area contributed by atoms with Crippen LogP contribution in [0.25, 0.3) is 10.2 Å². The number of nitrogens with zero attached hydrogens (tertiary/aromatic N) is 1. The summed E-state index contributed by atoms with van der Waals surface area (Å²) < 4.78 is 0. The van der Waals surface area contributed by atoms with Gasteiger partial charge in [-0.25, -0.2) is 4.98 Å². The van der Waals surface area contributed by atoms with E-state index in [9.17, 15) is 4.79 Å². The second kappa shape index (κ2) is 8.18. The predicted molar refractivity (Wildman–Crippen MR) is 116 cm³/mol. The van der Waals surface area contributed by atoms with Crippen LogP contribution in [0.1, 0.15) is 61.5 Å². The number of quaternary nitrogens is 1. The van der Waals surface area contributed by atoms with Gasteiger partial charge in [0.2, 0.25) is 0 Å². The topological polar surface area (TPSA) is 62.4 Å². The van der Waals surface area contributed by atoms with E-state index < -0.39 is 0 Å². The highest BCUT2D eigenvalue weighted by atomic mass is 32.1. The SMILES string of the molecule is C[C@@H]1CCc2c(sc3nc([C@H](C)[NH2+][C@@H](C)CCc4ccccc4)[nH]c(=O)c23)C1. The number of H-pyrrole nitrogens is 1. The molecule has 28 heavy (non-hydrogen) atoms. The predicted octanol–water partition coefficient (Wildman–Crippen LogP) is 3.76. The summed E-state index contributed by atoms with van der Waals surface area (Å²) in [5.41, 5.74) is 2.68. The normalized spacial score (nSPS) is 18.8. The Bertz CT molecular complexity index is 1010. The molecule has 0 amide bonds. The third-order valence-electron chi connectivity index (χ3n) is 5.96. The molecule has 5 heteroatoms. The van der Waals surface area contributed by atoms with E-state index in [1.54, 1.807) is 11.3 Å². The lowest BCUT2D eigenvalue weighted by atomic mass is 9.89. The van der Waals surface area contributed by atoms with Crippen molar-refractivity contribution in [1.29, 1.82) is 0 Å². The molecule has 0 saturated heterocycles. The van der Waals surface area contributed by atoms with Crippen molar-refractivity contribution in [3.63, 3.8) is 0 Å². The highest BCUT2D eigenvalue weighted by Crippen LogP contribution is 2.35. The molecule has 0 spiro atoms. The van der Waals surface area contributed by atoms with Crippen LogP contribution in [0.15, 0.2) is 35.1 Å². The molecule has 0 saturated carbocycles. The van der Waals surface area contributed by atoms with E-state index in [-0.39, 0.29) is 11.6 Å². The minimum atomic E-state index is 0.0456. The van der Waals surface area contributed by atoms with E-state index in [0.717, 1.165) is 41.7 Å². The lowest BCUT2D eigenvalue weighted by molar-refractivity contribution is -0.723. The van der Waals surface area contributed by atoms with Gasteiger partial charge in [0.05, 0.1) is 11.4 Å². The smallest absolute Gasteiger partial charge is 0.260 e. The standard InChI is InChI=1S/C23H29N3OS/c1-14-9-12-18-19(13-14)28-23-20(18)22(27)25-21(26-23)16(3)24-15(2)10-11-17-7-5-4-6-8-17/h4-8,14-16,24H,9-13H2,1-3H3,(H,25,26,27)/p+1/t14-,15+,16+/m1/s1. The van der Waals surface area contributed by atoms with Crippen LogP contribution in [0.4, 0.5) is 0 Å². The summed E-state index contributed by atoms with van der Waals surface area (Å²) in [6.45, 7) is 6.68. The minimum absolute atomic E-state index is 0.0456. The minimum Gasteiger partial charge on any atom is -0.336 e. The Morgan fingerprint density at radius 2 is 2.07 bits per heavy atom. The van der Waals surface area contributed by atoms with Gasteiger partial charge in [-0.2, -0.15) is 0 Å². The van der Waals surface area contributed by atoms with Crippen LogP contribution in [0.3, 0.4) is 0 Å². The van der Waals surface area contributed by atoms with Crippen LogP contribution < -0.4 is 10.9 Å². The summed E-state index contributed by atoms with van der Waals surface area (Å²) in [6, 6.07) is 11.2. The third kappa shape index (κ3) is 4.06. The van der Waals surface area contributed by atoms with Gasteiger partial charge in [0.1, 0.15) is 10.9 Å². The molecule has 148 valence electrons. The summed E-state index contributed by atoms with van der Waals surface area (Å²) in [5.74, 6) is 1.51. The molecule has 3 N–H and O–H groups in total. The highest BCUT2D eigenvalue weighted by Gasteiger charge is 2.24. The summed E-state index contributed by atoms with van der Waals surface area (Å²) in [7, 11) is 0. The second-order valence-corrected chi connectivity index (χ2v) is 9.55. The largest absolute Gasteiger partial charge is 0.336 e. The van der Waals surface area contributed by atoms with Crippen molar-refractivity contribution in [2.75, 3.05) is 0 Å². The van der Waals surface area contributed by atoms with Crippen LogP contribution in [0.2, 0.25) is 0 Å². The molecule has 0 fully saturated rings. The van der Waals surface area contributed by atoms with Crippen LogP contribution in [-0.2, 0) is 19.3 Å². The zero-order chi connectivity index (χ0) is 19.7. The molecule has 0 aliphatic heterocycles. The van der Waals surface area contributed by atoms with Crippen LogP contribution in [0, 0.1) is 5.92 Å². The van der Waals surface area contributed by atoms with Crippen molar-refractivity contribution in [2.45, 2.75) is 65.0 Å². The molecular formula is C23H30N3OS+. The fraction of sp³-hybridized carbons (Fsp3) is 0.478. The average Bonchev–Trinajstić information content (AvgIpc) is 3.05. The van der Waals surface area contributed by atoms with E-state index in [4.69, 9.17) is 4.98 Å². The number of thiophene rings is 1. The number of hydrogen-bond donors (Lipinski definition) is 2. The van der Waals surface area contributed by atoms with Gasteiger partial charge >= 0.3 is 0 Å². The first-order chi connectivity index (χ1) is 13.5. The molecule has 4 rings (SSSR count).